The van der Waals surface area contributed by atoms with Crippen LogP contribution < -0.4 is 4.74 Å². The first-order valence-electron chi connectivity index (χ1n) is 8.14. The third-order valence-corrected chi connectivity index (χ3v) is 3.16. The quantitative estimate of drug-likeness (QED) is 0.440. The van der Waals surface area contributed by atoms with E-state index in [9.17, 15) is 19.5 Å². The lowest BCUT2D eigenvalue weighted by Gasteiger charge is -2.14. The minimum atomic E-state index is -1.31. The van der Waals surface area contributed by atoms with Gasteiger partial charge in [-0.1, -0.05) is 37.4 Å². The van der Waals surface area contributed by atoms with E-state index in [1.165, 1.54) is 6.08 Å². The van der Waals surface area contributed by atoms with Crippen LogP contribution >= 0.6 is 0 Å². The molecule has 1 aromatic carbocycles. The van der Waals surface area contributed by atoms with Gasteiger partial charge in [-0.2, -0.15) is 0 Å². The third-order valence-electron chi connectivity index (χ3n) is 3.16. The minimum absolute atomic E-state index is 0.0500. The lowest BCUT2D eigenvalue weighted by atomic mass is 10.2. The first-order valence-corrected chi connectivity index (χ1v) is 8.14. The van der Waals surface area contributed by atoms with Gasteiger partial charge >= 0.3 is 11.9 Å². The van der Waals surface area contributed by atoms with Gasteiger partial charge in [-0.25, -0.2) is 9.59 Å². The van der Waals surface area contributed by atoms with Crippen molar-refractivity contribution in [2.75, 3.05) is 13.2 Å². The molecule has 2 unspecified atom stereocenters. The topological polar surface area (TPSA) is 99.1 Å². The molecule has 7 nitrogen and oxygen atoms in total. The van der Waals surface area contributed by atoms with Gasteiger partial charge in [0.15, 0.2) is 11.9 Å². The van der Waals surface area contributed by atoms with E-state index in [1.807, 2.05) is 18.2 Å². The molecule has 0 aromatic heterocycles. The van der Waals surface area contributed by atoms with Gasteiger partial charge in [-0.15, -0.1) is 0 Å². The Morgan fingerprint density at radius 3 is 2.33 bits per heavy atom. The summed E-state index contributed by atoms with van der Waals surface area (Å²) in [7, 11) is 0. The van der Waals surface area contributed by atoms with Crippen LogP contribution in [0.25, 0.3) is 0 Å². The monoisotopic (exact) mass is 374 g/mol. The number of esters is 2. The lowest BCUT2D eigenvalue weighted by molar-refractivity contribution is -0.156. The highest BCUT2D eigenvalue weighted by Gasteiger charge is 2.21. The number of carbonyl (C=O) groups is 3. The highest BCUT2D eigenvalue weighted by Crippen LogP contribution is 2.09. The molecule has 0 aliphatic heterocycles. The second-order valence-electron chi connectivity index (χ2n) is 5.28. The summed E-state index contributed by atoms with van der Waals surface area (Å²) >= 11 is 0. The molecule has 0 spiro atoms. The van der Waals surface area contributed by atoms with Crippen LogP contribution in [0.5, 0.6) is 5.75 Å². The smallest absolute Gasteiger partial charge is 0.330 e. The molecule has 0 heterocycles. The Labute approximate surface area is 157 Å². The molecule has 0 radical (unpaired) electrons. The predicted molar refractivity (Wildman–Crippen MR) is 97.9 cm³/mol. The van der Waals surface area contributed by atoms with Crippen molar-refractivity contribution in [2.24, 2.45) is 0 Å². The summed E-state index contributed by atoms with van der Waals surface area (Å²) < 4.78 is 15.0. The third kappa shape index (κ3) is 9.18. The SMILES string of the molecule is C=CC(=O)OCC(OC(=O)C=C)C(=O)C=CCC(O)COc1ccccc1. The van der Waals surface area contributed by atoms with Crippen LogP contribution in [0.1, 0.15) is 6.42 Å². The van der Waals surface area contributed by atoms with Crippen molar-refractivity contribution in [3.05, 3.63) is 67.8 Å². The Morgan fingerprint density at radius 2 is 1.70 bits per heavy atom. The maximum absolute atomic E-state index is 12.1. The highest BCUT2D eigenvalue weighted by atomic mass is 16.6. The zero-order valence-corrected chi connectivity index (χ0v) is 14.8. The number of aliphatic hydroxyl groups excluding tert-OH is 1. The van der Waals surface area contributed by atoms with Crippen LogP contribution in [0.2, 0.25) is 0 Å². The summed E-state index contributed by atoms with van der Waals surface area (Å²) in [5.41, 5.74) is 0. The largest absolute Gasteiger partial charge is 0.491 e. The van der Waals surface area contributed by atoms with Crippen LogP contribution in [0.3, 0.4) is 0 Å². The molecule has 144 valence electrons. The van der Waals surface area contributed by atoms with Crippen molar-refractivity contribution in [3.63, 3.8) is 0 Å². The summed E-state index contributed by atoms with van der Waals surface area (Å²) in [6.07, 6.45) is 2.39. The first-order chi connectivity index (χ1) is 13.0. The van der Waals surface area contributed by atoms with E-state index >= 15 is 0 Å². The Kier molecular flexibility index (Phi) is 9.88. The molecule has 0 fully saturated rings. The van der Waals surface area contributed by atoms with Gasteiger partial charge in [0.1, 0.15) is 19.0 Å². The van der Waals surface area contributed by atoms with Crippen LogP contribution in [0.4, 0.5) is 0 Å². The van der Waals surface area contributed by atoms with E-state index in [0.717, 1.165) is 18.2 Å². The number of benzene rings is 1. The molecule has 27 heavy (non-hydrogen) atoms. The maximum atomic E-state index is 12.1. The second kappa shape index (κ2) is 12.2. The van der Waals surface area contributed by atoms with E-state index in [1.54, 1.807) is 12.1 Å². The van der Waals surface area contributed by atoms with Crippen LogP contribution in [0, 0.1) is 0 Å². The van der Waals surface area contributed by atoms with Gasteiger partial charge in [-0.3, -0.25) is 4.79 Å². The van der Waals surface area contributed by atoms with Crippen molar-refractivity contribution in [2.45, 2.75) is 18.6 Å². The fourth-order valence-electron chi connectivity index (χ4n) is 1.81. The average Bonchev–Trinajstić information content (AvgIpc) is 2.69. The molecule has 0 aliphatic rings. The van der Waals surface area contributed by atoms with Crippen LogP contribution in [-0.4, -0.2) is 48.3 Å². The van der Waals surface area contributed by atoms with E-state index in [0.29, 0.717) is 5.75 Å². The van der Waals surface area contributed by atoms with Gasteiger partial charge in [0.25, 0.3) is 0 Å². The van der Waals surface area contributed by atoms with Crippen molar-refractivity contribution in [1.29, 1.82) is 0 Å². The molecule has 2 atom stereocenters. The van der Waals surface area contributed by atoms with E-state index in [-0.39, 0.29) is 13.0 Å². The standard InChI is InChI=1S/C20H22O7/c1-3-19(23)26-14-18(27-20(24)4-2)17(22)12-8-9-15(21)13-25-16-10-6-5-7-11-16/h3-8,10-12,15,18,21H,1-2,9,13-14H2. The fourth-order valence-corrected chi connectivity index (χ4v) is 1.81. The minimum Gasteiger partial charge on any atom is -0.491 e. The number of hydrogen-bond donors (Lipinski definition) is 1. The number of rotatable bonds is 12. The molecule has 0 aliphatic carbocycles. The van der Waals surface area contributed by atoms with E-state index in [4.69, 9.17) is 14.2 Å². The van der Waals surface area contributed by atoms with Gasteiger partial charge in [-0.05, 0) is 24.6 Å². The molecule has 0 amide bonds. The Hall–Kier alpha value is -3.19. The fraction of sp³-hybridized carbons (Fsp3) is 0.250. The van der Waals surface area contributed by atoms with Gasteiger partial charge < -0.3 is 19.3 Å². The normalized spacial score (nSPS) is 12.6. The summed E-state index contributed by atoms with van der Waals surface area (Å²) in [5, 5.41) is 9.89. The van der Waals surface area contributed by atoms with Crippen molar-refractivity contribution < 1.29 is 33.7 Å². The number of para-hydroxylation sites is 1. The van der Waals surface area contributed by atoms with Crippen LogP contribution in [0.15, 0.2) is 67.8 Å². The second-order valence-corrected chi connectivity index (χ2v) is 5.28. The molecule has 1 rings (SSSR count). The van der Waals surface area contributed by atoms with Crippen molar-refractivity contribution in [1.82, 2.24) is 0 Å². The van der Waals surface area contributed by atoms with Crippen LogP contribution in [-0.2, 0) is 23.9 Å². The molecule has 7 heteroatoms. The van der Waals surface area contributed by atoms with Gasteiger partial charge in [0, 0.05) is 12.2 Å². The van der Waals surface area contributed by atoms with Gasteiger partial charge in [0.2, 0.25) is 0 Å². The number of hydrogen-bond acceptors (Lipinski definition) is 7. The first kappa shape index (κ1) is 21.9. The molecule has 0 saturated heterocycles. The molecular formula is C20H22O7. The van der Waals surface area contributed by atoms with E-state index < -0.39 is 36.5 Å². The van der Waals surface area contributed by atoms with Crippen molar-refractivity contribution >= 4 is 17.7 Å². The molecule has 0 bridgehead atoms. The number of ketones is 1. The number of carbonyl (C=O) groups excluding carboxylic acids is 3. The summed E-state index contributed by atoms with van der Waals surface area (Å²) in [5.74, 6) is -1.55. The van der Waals surface area contributed by atoms with Gasteiger partial charge in [0.05, 0.1) is 6.10 Å². The Morgan fingerprint density at radius 1 is 1.04 bits per heavy atom. The molecule has 1 N–H and O–H groups in total. The number of aliphatic hydroxyl groups is 1. The predicted octanol–water partition coefficient (Wildman–Crippen LogP) is 1.77. The van der Waals surface area contributed by atoms with Crippen molar-refractivity contribution in [3.8, 4) is 5.75 Å². The summed E-state index contributed by atoms with van der Waals surface area (Å²) in [4.78, 5) is 34.5. The summed E-state index contributed by atoms with van der Waals surface area (Å²) in [6.45, 7) is 6.07. The Bertz CT molecular complexity index is 679. The lowest BCUT2D eigenvalue weighted by Crippen LogP contribution is -2.31. The molecular weight excluding hydrogens is 352 g/mol. The highest BCUT2D eigenvalue weighted by molar-refractivity contribution is 5.96. The number of ether oxygens (including phenoxy) is 3. The maximum Gasteiger partial charge on any atom is 0.330 e. The molecule has 0 saturated carbocycles. The summed E-state index contributed by atoms with van der Waals surface area (Å²) in [6, 6.07) is 8.98. The molecule has 1 aromatic rings. The Balaban J connectivity index is 2.51. The zero-order valence-electron chi connectivity index (χ0n) is 14.8. The zero-order chi connectivity index (χ0) is 20.1. The average molecular weight is 374 g/mol. The van der Waals surface area contributed by atoms with E-state index in [2.05, 4.69) is 13.2 Å².